The van der Waals surface area contributed by atoms with Crippen LogP contribution >= 0.6 is 0 Å². The molecule has 6 nitrogen and oxygen atoms in total. The van der Waals surface area contributed by atoms with Crippen LogP contribution in [-0.4, -0.2) is 23.2 Å². The summed E-state index contributed by atoms with van der Waals surface area (Å²) in [5.41, 5.74) is 5.21. The average molecular weight is 387 g/mol. The first kappa shape index (κ1) is 18.7. The molecule has 146 valence electrons. The Hall–Kier alpha value is -3.67. The summed E-state index contributed by atoms with van der Waals surface area (Å²) in [6.07, 6.45) is 0. The minimum absolute atomic E-state index is 0.201. The molecule has 0 bridgehead atoms. The quantitative estimate of drug-likeness (QED) is 0.548. The molecule has 2 aromatic carbocycles. The monoisotopic (exact) mass is 387 g/mol. The third-order valence-corrected chi connectivity index (χ3v) is 4.82. The highest BCUT2D eigenvalue weighted by Gasteiger charge is 2.19. The molecule has 2 heterocycles. The molecule has 2 aromatic heterocycles. The van der Waals surface area contributed by atoms with Crippen LogP contribution in [0.3, 0.4) is 0 Å². The van der Waals surface area contributed by atoms with Gasteiger partial charge in [-0.3, -0.25) is 4.79 Å². The molecular weight excluding hydrogens is 366 g/mol. The summed E-state index contributed by atoms with van der Waals surface area (Å²) in [5.74, 6) is 0.576. The maximum absolute atomic E-state index is 13.0. The molecule has 0 unspecified atom stereocenters. The van der Waals surface area contributed by atoms with Crippen molar-refractivity contribution < 1.29 is 14.1 Å². The number of rotatable bonds is 5. The van der Waals surface area contributed by atoms with Crippen LogP contribution in [0.4, 0.5) is 0 Å². The SMILES string of the molecule is COc1ccc(CNC(=O)c2cc(-c3ccc(C)cc3)nc3onc(C)c23)cc1. The Morgan fingerprint density at radius 3 is 2.48 bits per heavy atom. The second-order valence-corrected chi connectivity index (χ2v) is 6.90. The van der Waals surface area contributed by atoms with Crippen LogP contribution in [0, 0.1) is 13.8 Å². The van der Waals surface area contributed by atoms with E-state index in [1.165, 1.54) is 0 Å². The van der Waals surface area contributed by atoms with Gasteiger partial charge in [-0.25, -0.2) is 4.98 Å². The molecule has 4 rings (SSSR count). The molecule has 1 N–H and O–H groups in total. The van der Waals surface area contributed by atoms with Crippen molar-refractivity contribution in [3.05, 3.63) is 77.0 Å². The number of carbonyl (C=O) groups is 1. The smallest absolute Gasteiger partial charge is 0.259 e. The molecule has 6 heteroatoms. The van der Waals surface area contributed by atoms with Crippen molar-refractivity contribution in [1.82, 2.24) is 15.5 Å². The maximum atomic E-state index is 13.0. The van der Waals surface area contributed by atoms with E-state index in [0.29, 0.717) is 34.6 Å². The van der Waals surface area contributed by atoms with Gasteiger partial charge in [-0.2, -0.15) is 0 Å². The number of aryl methyl sites for hydroxylation is 2. The predicted octanol–water partition coefficient (Wildman–Crippen LogP) is 4.45. The fraction of sp³-hybridized carbons (Fsp3) is 0.174. The Balaban J connectivity index is 1.66. The van der Waals surface area contributed by atoms with E-state index in [9.17, 15) is 4.79 Å². The summed E-state index contributed by atoms with van der Waals surface area (Å²) in [6.45, 7) is 4.23. The number of hydrogen-bond donors (Lipinski definition) is 1. The second-order valence-electron chi connectivity index (χ2n) is 6.90. The van der Waals surface area contributed by atoms with E-state index < -0.39 is 0 Å². The molecular formula is C23H21N3O3. The minimum Gasteiger partial charge on any atom is -0.497 e. The third kappa shape index (κ3) is 3.82. The second kappa shape index (κ2) is 7.75. The highest BCUT2D eigenvalue weighted by atomic mass is 16.5. The first-order chi connectivity index (χ1) is 14.0. The normalized spacial score (nSPS) is 10.9. The van der Waals surface area contributed by atoms with Crippen molar-refractivity contribution in [3.8, 4) is 17.0 Å². The summed E-state index contributed by atoms with van der Waals surface area (Å²) in [4.78, 5) is 17.6. The number of nitrogens with one attached hydrogen (secondary N) is 1. The number of pyridine rings is 1. The zero-order valence-electron chi connectivity index (χ0n) is 16.5. The Morgan fingerprint density at radius 1 is 1.07 bits per heavy atom. The van der Waals surface area contributed by atoms with Gasteiger partial charge in [0.25, 0.3) is 11.6 Å². The molecule has 0 saturated carbocycles. The summed E-state index contributed by atoms with van der Waals surface area (Å²) in [6, 6.07) is 17.3. The van der Waals surface area contributed by atoms with Gasteiger partial charge in [-0.05, 0) is 37.6 Å². The zero-order chi connectivity index (χ0) is 20.4. The molecule has 29 heavy (non-hydrogen) atoms. The topological polar surface area (TPSA) is 77.2 Å². The van der Waals surface area contributed by atoms with E-state index in [-0.39, 0.29) is 5.91 Å². The number of aromatic nitrogens is 2. The zero-order valence-corrected chi connectivity index (χ0v) is 16.5. The van der Waals surface area contributed by atoms with Crippen LogP contribution in [0.15, 0.2) is 59.1 Å². The first-order valence-electron chi connectivity index (χ1n) is 9.30. The van der Waals surface area contributed by atoms with Gasteiger partial charge in [0.05, 0.1) is 29.4 Å². The molecule has 0 fully saturated rings. The first-order valence-corrected chi connectivity index (χ1v) is 9.30. The number of amides is 1. The Kier molecular flexibility index (Phi) is 4.99. The molecule has 0 aliphatic heterocycles. The third-order valence-electron chi connectivity index (χ3n) is 4.82. The van der Waals surface area contributed by atoms with Crippen LogP contribution in [-0.2, 0) is 6.54 Å². The number of methoxy groups -OCH3 is 1. The van der Waals surface area contributed by atoms with Crippen molar-refractivity contribution in [2.45, 2.75) is 20.4 Å². The van der Waals surface area contributed by atoms with E-state index >= 15 is 0 Å². The largest absolute Gasteiger partial charge is 0.497 e. The Bertz CT molecular complexity index is 1160. The lowest BCUT2D eigenvalue weighted by molar-refractivity contribution is 0.0952. The van der Waals surface area contributed by atoms with E-state index in [0.717, 1.165) is 22.4 Å². The molecule has 0 atom stereocenters. The molecule has 4 aromatic rings. The number of fused-ring (bicyclic) bond motifs is 1. The molecule has 0 aliphatic rings. The number of carbonyl (C=O) groups excluding carboxylic acids is 1. The number of hydrogen-bond acceptors (Lipinski definition) is 5. The summed E-state index contributed by atoms with van der Waals surface area (Å²) in [5, 5.41) is 7.60. The van der Waals surface area contributed by atoms with Crippen molar-refractivity contribution >= 4 is 17.0 Å². The molecule has 0 saturated heterocycles. The highest BCUT2D eigenvalue weighted by Crippen LogP contribution is 2.27. The van der Waals surface area contributed by atoms with Gasteiger partial charge in [0, 0.05) is 12.1 Å². The fourth-order valence-electron chi connectivity index (χ4n) is 3.17. The molecule has 0 aliphatic carbocycles. The predicted molar refractivity (Wildman–Crippen MR) is 111 cm³/mol. The van der Waals surface area contributed by atoms with E-state index in [4.69, 9.17) is 9.26 Å². The Morgan fingerprint density at radius 2 is 1.79 bits per heavy atom. The van der Waals surface area contributed by atoms with Gasteiger partial charge in [0.15, 0.2) is 0 Å². The van der Waals surface area contributed by atoms with Crippen molar-refractivity contribution in [2.24, 2.45) is 0 Å². The van der Waals surface area contributed by atoms with E-state index in [2.05, 4.69) is 15.5 Å². The number of ether oxygens (including phenoxy) is 1. The van der Waals surface area contributed by atoms with E-state index in [1.807, 2.05) is 55.5 Å². The van der Waals surface area contributed by atoms with Gasteiger partial charge >= 0.3 is 0 Å². The van der Waals surface area contributed by atoms with Crippen LogP contribution in [0.25, 0.3) is 22.4 Å². The van der Waals surface area contributed by atoms with Gasteiger partial charge in [-0.15, -0.1) is 0 Å². The van der Waals surface area contributed by atoms with Gasteiger partial charge in [-0.1, -0.05) is 47.1 Å². The summed E-state index contributed by atoms with van der Waals surface area (Å²) >= 11 is 0. The molecule has 0 spiro atoms. The number of benzene rings is 2. The van der Waals surface area contributed by atoms with Gasteiger partial charge < -0.3 is 14.6 Å². The lowest BCUT2D eigenvalue weighted by Gasteiger charge is -2.09. The lowest BCUT2D eigenvalue weighted by atomic mass is 10.0. The standard InChI is InChI=1S/C23H21N3O3/c1-14-4-8-17(9-5-14)20-12-19(21-15(2)26-29-23(21)25-20)22(27)24-13-16-6-10-18(28-3)11-7-16/h4-12H,13H2,1-3H3,(H,24,27). The van der Waals surface area contributed by atoms with Gasteiger partial charge in [0.1, 0.15) is 5.75 Å². The Labute approximate surface area is 168 Å². The summed E-state index contributed by atoms with van der Waals surface area (Å²) < 4.78 is 10.5. The van der Waals surface area contributed by atoms with Crippen LogP contribution in [0.5, 0.6) is 5.75 Å². The van der Waals surface area contributed by atoms with Gasteiger partial charge in [0.2, 0.25) is 0 Å². The van der Waals surface area contributed by atoms with Crippen molar-refractivity contribution in [3.63, 3.8) is 0 Å². The van der Waals surface area contributed by atoms with Crippen molar-refractivity contribution in [1.29, 1.82) is 0 Å². The van der Waals surface area contributed by atoms with Crippen LogP contribution in [0.1, 0.15) is 27.2 Å². The highest BCUT2D eigenvalue weighted by molar-refractivity contribution is 6.06. The maximum Gasteiger partial charge on any atom is 0.259 e. The minimum atomic E-state index is -0.201. The fourth-order valence-corrected chi connectivity index (χ4v) is 3.17. The van der Waals surface area contributed by atoms with Crippen LogP contribution < -0.4 is 10.1 Å². The van der Waals surface area contributed by atoms with Crippen molar-refractivity contribution in [2.75, 3.05) is 7.11 Å². The average Bonchev–Trinajstić information content (AvgIpc) is 3.13. The molecule has 0 radical (unpaired) electrons. The molecule has 1 amide bonds. The van der Waals surface area contributed by atoms with E-state index in [1.54, 1.807) is 20.1 Å². The van der Waals surface area contributed by atoms with Crippen LogP contribution in [0.2, 0.25) is 0 Å². The lowest BCUT2D eigenvalue weighted by Crippen LogP contribution is -2.23. The summed E-state index contributed by atoms with van der Waals surface area (Å²) in [7, 11) is 1.62. The number of nitrogens with zero attached hydrogens (tertiary/aromatic N) is 2.